The fourth-order valence-electron chi connectivity index (χ4n) is 3.40. The van der Waals surface area contributed by atoms with E-state index in [-0.39, 0.29) is 35.9 Å². The molecule has 11 heteroatoms. The lowest BCUT2D eigenvalue weighted by Gasteiger charge is -2.22. The van der Waals surface area contributed by atoms with Gasteiger partial charge in [0.05, 0.1) is 37.0 Å². The highest BCUT2D eigenvalue weighted by Crippen LogP contribution is 2.29. The molecule has 0 aliphatic rings. The second-order valence-electron chi connectivity index (χ2n) is 7.45. The van der Waals surface area contributed by atoms with Crippen molar-refractivity contribution < 1.29 is 41.8 Å². The van der Waals surface area contributed by atoms with Crippen LogP contribution in [0.25, 0.3) is 0 Å². The fourth-order valence-corrected chi connectivity index (χ4v) is 3.40. The predicted octanol–water partition coefficient (Wildman–Crippen LogP) is 3.47. The first-order valence-corrected chi connectivity index (χ1v) is 10.3. The minimum absolute atomic E-state index is 0.0339. The van der Waals surface area contributed by atoms with Crippen molar-refractivity contribution in [2.24, 2.45) is 0 Å². The van der Waals surface area contributed by atoms with Crippen molar-refractivity contribution in [3.05, 3.63) is 57.9 Å². The Bertz CT molecular complexity index is 1070. The molecule has 8 nitrogen and oxygen atoms in total. The maximum atomic E-state index is 13.1. The van der Waals surface area contributed by atoms with E-state index in [2.05, 4.69) is 4.98 Å². The smallest absolute Gasteiger partial charge is 0.416 e. The van der Waals surface area contributed by atoms with Gasteiger partial charge in [0.15, 0.2) is 5.78 Å². The average Bonchev–Trinajstić information content (AvgIpc) is 3.08. The molecule has 1 N–H and O–H groups in total. The van der Waals surface area contributed by atoms with Crippen LogP contribution < -0.4 is 0 Å². The number of alkyl halides is 3. The number of Topliss-reactive ketones (excluding diaryl/α,β-unsaturated/α-hetero) is 1. The maximum Gasteiger partial charge on any atom is 0.416 e. The number of benzene rings is 1. The van der Waals surface area contributed by atoms with Crippen LogP contribution in [0.1, 0.15) is 57.1 Å². The molecule has 1 aromatic carbocycles. The Labute approximate surface area is 194 Å². The first-order valence-electron chi connectivity index (χ1n) is 10.3. The highest BCUT2D eigenvalue weighted by molar-refractivity contribution is 6.01. The van der Waals surface area contributed by atoms with Crippen LogP contribution in [0.15, 0.2) is 24.3 Å². The summed E-state index contributed by atoms with van der Waals surface area (Å²) in [5.74, 6) is -2.42. The number of aromatic amines is 1. The first-order chi connectivity index (χ1) is 15.9. The van der Waals surface area contributed by atoms with Gasteiger partial charge in [-0.1, -0.05) is 12.1 Å². The zero-order valence-electron chi connectivity index (χ0n) is 19.2. The third-order valence-corrected chi connectivity index (χ3v) is 5.03. The molecule has 1 aromatic heterocycles. The summed E-state index contributed by atoms with van der Waals surface area (Å²) in [6.45, 7) is 3.86. The van der Waals surface area contributed by atoms with E-state index in [9.17, 15) is 32.3 Å². The zero-order chi connectivity index (χ0) is 25.6. The number of hydrogen-bond acceptors (Lipinski definition) is 6. The number of hydrogen-bond donors (Lipinski definition) is 1. The summed E-state index contributed by atoms with van der Waals surface area (Å²) >= 11 is 0. The number of halogens is 3. The summed E-state index contributed by atoms with van der Waals surface area (Å²) in [4.78, 5) is 53.2. The molecule has 0 saturated carbocycles. The van der Waals surface area contributed by atoms with Gasteiger partial charge >= 0.3 is 18.1 Å². The molecule has 0 radical (unpaired) electrons. The summed E-state index contributed by atoms with van der Waals surface area (Å²) in [6, 6.07) is 4.18. The highest BCUT2D eigenvalue weighted by Gasteiger charge is 2.30. The number of nitrogens with one attached hydrogen (secondary N) is 1. The molecule has 2 aromatic rings. The number of rotatable bonds is 9. The molecule has 34 heavy (non-hydrogen) atoms. The van der Waals surface area contributed by atoms with E-state index in [4.69, 9.17) is 9.47 Å². The van der Waals surface area contributed by atoms with E-state index in [1.165, 1.54) is 26.0 Å². The monoisotopic (exact) mass is 482 g/mol. The summed E-state index contributed by atoms with van der Waals surface area (Å²) in [6.07, 6.45) is -4.90. The third-order valence-electron chi connectivity index (χ3n) is 5.03. The van der Waals surface area contributed by atoms with Gasteiger partial charge in [-0.15, -0.1) is 0 Å². The molecule has 0 atom stereocenters. The van der Waals surface area contributed by atoms with Crippen LogP contribution in [0.4, 0.5) is 13.2 Å². The molecular weight excluding hydrogens is 457 g/mol. The number of methoxy groups -OCH3 is 1. The molecule has 0 bridgehead atoms. The number of ether oxygens (including phenoxy) is 2. The van der Waals surface area contributed by atoms with Crippen LogP contribution in [0.5, 0.6) is 0 Å². The molecule has 0 spiro atoms. The number of carbonyl (C=O) groups excluding carboxylic acids is 4. The topological polar surface area (TPSA) is 106 Å². The van der Waals surface area contributed by atoms with Gasteiger partial charge in [0.1, 0.15) is 6.54 Å². The van der Waals surface area contributed by atoms with E-state index < -0.39 is 42.6 Å². The number of nitrogens with zero attached hydrogens (tertiary/aromatic N) is 1. The number of aromatic nitrogens is 1. The SMILES string of the molecule is CCOC(=O)CN(Cc1ccc(C(F)(F)F)cc1)C(=O)Cc1[nH]c(C(C)=O)c(C)c1C(=O)OC. The fraction of sp³-hybridized carbons (Fsp3) is 0.391. The van der Waals surface area contributed by atoms with Crippen molar-refractivity contribution in [1.29, 1.82) is 0 Å². The minimum atomic E-state index is -4.51. The Kier molecular flexibility index (Phi) is 8.61. The lowest BCUT2D eigenvalue weighted by molar-refractivity contribution is -0.149. The van der Waals surface area contributed by atoms with Crippen molar-refractivity contribution in [3.63, 3.8) is 0 Å². The number of ketones is 1. The molecule has 184 valence electrons. The Morgan fingerprint density at radius 2 is 1.71 bits per heavy atom. The lowest BCUT2D eigenvalue weighted by atomic mass is 10.1. The average molecular weight is 482 g/mol. The van der Waals surface area contributed by atoms with Crippen molar-refractivity contribution in [2.45, 2.75) is 39.9 Å². The molecule has 0 aliphatic heterocycles. The van der Waals surface area contributed by atoms with E-state index in [1.807, 2.05) is 0 Å². The normalized spacial score (nSPS) is 11.1. The number of esters is 2. The second kappa shape index (κ2) is 11.0. The molecule has 2 rings (SSSR count). The van der Waals surface area contributed by atoms with Gasteiger partial charge in [0.25, 0.3) is 0 Å². The van der Waals surface area contributed by atoms with Gasteiger partial charge < -0.3 is 19.4 Å². The Morgan fingerprint density at radius 1 is 1.09 bits per heavy atom. The Balaban J connectivity index is 2.35. The molecule has 0 unspecified atom stereocenters. The van der Waals surface area contributed by atoms with Crippen molar-refractivity contribution in [2.75, 3.05) is 20.3 Å². The van der Waals surface area contributed by atoms with Crippen LogP contribution in [-0.2, 0) is 38.2 Å². The van der Waals surface area contributed by atoms with Crippen LogP contribution in [0, 0.1) is 6.92 Å². The van der Waals surface area contributed by atoms with Gasteiger partial charge in [-0.25, -0.2) is 4.79 Å². The van der Waals surface area contributed by atoms with E-state index in [1.54, 1.807) is 6.92 Å². The van der Waals surface area contributed by atoms with E-state index in [0.29, 0.717) is 11.1 Å². The van der Waals surface area contributed by atoms with Gasteiger partial charge in [0.2, 0.25) is 5.91 Å². The van der Waals surface area contributed by atoms with Gasteiger partial charge in [0, 0.05) is 19.2 Å². The van der Waals surface area contributed by atoms with Gasteiger partial charge in [-0.3, -0.25) is 14.4 Å². The molecular formula is C23H25F3N2O6. The van der Waals surface area contributed by atoms with Crippen molar-refractivity contribution in [3.8, 4) is 0 Å². The standard InChI is InChI=1S/C23H25F3N2O6/c1-5-34-19(31)12-28(11-15-6-8-16(9-7-15)23(24,25)26)18(30)10-17-20(22(32)33-4)13(2)21(27-17)14(3)29/h6-9,27H,5,10-12H2,1-4H3. The Hall–Kier alpha value is -3.63. The van der Waals surface area contributed by atoms with Crippen molar-refractivity contribution >= 4 is 23.6 Å². The number of carbonyl (C=O) groups is 4. The Morgan fingerprint density at radius 3 is 2.21 bits per heavy atom. The molecule has 1 amide bonds. The summed E-state index contributed by atoms with van der Waals surface area (Å²) < 4.78 is 48.2. The molecule has 0 aliphatic carbocycles. The van der Waals surface area contributed by atoms with Crippen molar-refractivity contribution in [1.82, 2.24) is 9.88 Å². The van der Waals surface area contributed by atoms with Crippen LogP contribution in [0.3, 0.4) is 0 Å². The number of amides is 1. The van der Waals surface area contributed by atoms with E-state index in [0.717, 1.165) is 24.1 Å². The quantitative estimate of drug-likeness (QED) is 0.434. The zero-order valence-corrected chi connectivity index (χ0v) is 19.2. The van der Waals surface area contributed by atoms with Crippen LogP contribution in [0.2, 0.25) is 0 Å². The van der Waals surface area contributed by atoms with E-state index >= 15 is 0 Å². The highest BCUT2D eigenvalue weighted by atomic mass is 19.4. The predicted molar refractivity (Wildman–Crippen MR) is 114 cm³/mol. The number of H-pyrrole nitrogens is 1. The van der Waals surface area contributed by atoms with Crippen LogP contribution in [-0.4, -0.2) is 53.8 Å². The third kappa shape index (κ3) is 6.46. The van der Waals surface area contributed by atoms with Gasteiger partial charge in [-0.05, 0) is 37.1 Å². The minimum Gasteiger partial charge on any atom is -0.465 e. The van der Waals surface area contributed by atoms with Crippen LogP contribution >= 0.6 is 0 Å². The molecule has 0 fully saturated rings. The largest absolute Gasteiger partial charge is 0.465 e. The summed E-state index contributed by atoms with van der Waals surface area (Å²) in [7, 11) is 1.16. The molecule has 0 saturated heterocycles. The molecule has 1 heterocycles. The first kappa shape index (κ1) is 26.6. The summed E-state index contributed by atoms with van der Waals surface area (Å²) in [5, 5.41) is 0. The maximum absolute atomic E-state index is 13.1. The second-order valence-corrected chi connectivity index (χ2v) is 7.45. The van der Waals surface area contributed by atoms with Gasteiger partial charge in [-0.2, -0.15) is 13.2 Å². The summed E-state index contributed by atoms with van der Waals surface area (Å²) in [5.41, 5.74) is 0.129. The lowest BCUT2D eigenvalue weighted by Crippen LogP contribution is -2.37.